The molecule has 4 rings (SSSR count). The highest BCUT2D eigenvalue weighted by Crippen LogP contribution is 2.33. The maximum Gasteiger partial charge on any atom is 0.270 e. The molecule has 138 valence electrons. The number of rotatable bonds is 3. The summed E-state index contributed by atoms with van der Waals surface area (Å²) >= 11 is 0. The average molecular weight is 358 g/mol. The van der Waals surface area contributed by atoms with Crippen LogP contribution in [0.5, 0.6) is 0 Å². The van der Waals surface area contributed by atoms with Crippen LogP contribution in [0.3, 0.4) is 0 Å². The maximum atomic E-state index is 12.7. The van der Waals surface area contributed by atoms with Crippen molar-refractivity contribution in [2.75, 3.05) is 26.3 Å². The van der Waals surface area contributed by atoms with E-state index in [4.69, 9.17) is 9.47 Å². The molecule has 2 aliphatic rings. The van der Waals surface area contributed by atoms with Crippen molar-refractivity contribution in [1.82, 2.24) is 19.7 Å². The first-order valence-electron chi connectivity index (χ1n) is 8.86. The van der Waals surface area contributed by atoms with Gasteiger partial charge in [-0.2, -0.15) is 5.10 Å². The van der Waals surface area contributed by atoms with E-state index in [0.717, 1.165) is 12.8 Å². The van der Waals surface area contributed by atoms with Crippen LogP contribution in [0.25, 0.3) is 0 Å². The van der Waals surface area contributed by atoms with Crippen LogP contribution in [-0.4, -0.2) is 63.6 Å². The zero-order valence-corrected chi connectivity index (χ0v) is 14.5. The third-order valence-corrected chi connectivity index (χ3v) is 4.97. The van der Waals surface area contributed by atoms with Gasteiger partial charge >= 0.3 is 0 Å². The van der Waals surface area contributed by atoms with Crippen LogP contribution in [0.15, 0.2) is 41.5 Å². The summed E-state index contributed by atoms with van der Waals surface area (Å²) < 4.78 is 13.5. The van der Waals surface area contributed by atoms with E-state index in [-0.39, 0.29) is 17.6 Å². The predicted molar refractivity (Wildman–Crippen MR) is 92.9 cm³/mol. The summed E-state index contributed by atoms with van der Waals surface area (Å²) in [5.74, 6) is -0.0483. The van der Waals surface area contributed by atoms with Crippen molar-refractivity contribution in [3.63, 3.8) is 0 Å². The molecule has 8 heteroatoms. The van der Waals surface area contributed by atoms with E-state index in [2.05, 4.69) is 10.1 Å². The quantitative estimate of drug-likeness (QED) is 0.871. The molecule has 8 nitrogen and oxygen atoms in total. The molecule has 2 aromatic heterocycles. The lowest BCUT2D eigenvalue weighted by atomic mass is 10.00. The number of ether oxygens (including phenoxy) is 2. The SMILES string of the molecule is O=C(c1ccc[nH]1)N1CCOC[C@]2(CC[C@H](Cn3ncccc3=O)O2)C1. The number of carbonyl (C=O) groups excluding carboxylic acids is 1. The van der Waals surface area contributed by atoms with Crippen molar-refractivity contribution in [3.05, 3.63) is 52.7 Å². The minimum atomic E-state index is -0.526. The van der Waals surface area contributed by atoms with Gasteiger partial charge in [0.05, 0.1) is 32.4 Å². The Morgan fingerprint density at radius 1 is 1.38 bits per heavy atom. The van der Waals surface area contributed by atoms with Gasteiger partial charge in [-0.15, -0.1) is 0 Å². The second-order valence-corrected chi connectivity index (χ2v) is 6.87. The van der Waals surface area contributed by atoms with Crippen LogP contribution in [0.4, 0.5) is 0 Å². The van der Waals surface area contributed by atoms with Gasteiger partial charge in [0, 0.05) is 25.0 Å². The Morgan fingerprint density at radius 2 is 2.31 bits per heavy atom. The summed E-state index contributed by atoms with van der Waals surface area (Å²) in [4.78, 5) is 29.3. The minimum absolute atomic E-state index is 0.0483. The van der Waals surface area contributed by atoms with E-state index < -0.39 is 5.60 Å². The number of nitrogens with one attached hydrogen (secondary N) is 1. The van der Waals surface area contributed by atoms with Crippen molar-refractivity contribution < 1.29 is 14.3 Å². The smallest absolute Gasteiger partial charge is 0.270 e. The van der Waals surface area contributed by atoms with Crippen molar-refractivity contribution in [3.8, 4) is 0 Å². The lowest BCUT2D eigenvalue weighted by Gasteiger charge is -2.31. The van der Waals surface area contributed by atoms with Crippen LogP contribution >= 0.6 is 0 Å². The second kappa shape index (κ2) is 7.05. The van der Waals surface area contributed by atoms with Crippen molar-refractivity contribution in [2.24, 2.45) is 0 Å². The maximum absolute atomic E-state index is 12.7. The van der Waals surface area contributed by atoms with Gasteiger partial charge in [0.15, 0.2) is 0 Å². The summed E-state index contributed by atoms with van der Waals surface area (Å²) in [7, 11) is 0. The molecule has 2 aliphatic heterocycles. The molecule has 1 spiro atoms. The predicted octanol–water partition coefficient (Wildman–Crippen LogP) is 0.662. The highest BCUT2D eigenvalue weighted by molar-refractivity contribution is 5.92. The normalized spacial score (nSPS) is 26.2. The molecule has 2 saturated heterocycles. The third kappa shape index (κ3) is 3.42. The Balaban J connectivity index is 1.46. The lowest BCUT2D eigenvalue weighted by molar-refractivity contribution is -0.0883. The molecule has 0 saturated carbocycles. The summed E-state index contributed by atoms with van der Waals surface area (Å²) in [6.45, 7) is 2.37. The largest absolute Gasteiger partial charge is 0.377 e. The van der Waals surface area contributed by atoms with Gasteiger partial charge in [-0.05, 0) is 31.0 Å². The Hall–Kier alpha value is -2.45. The fourth-order valence-electron chi connectivity index (χ4n) is 3.68. The molecule has 0 radical (unpaired) electrons. The topological polar surface area (TPSA) is 89.5 Å². The molecule has 0 bridgehead atoms. The Morgan fingerprint density at radius 3 is 3.12 bits per heavy atom. The molecule has 0 unspecified atom stereocenters. The number of nitrogens with zero attached hydrogens (tertiary/aromatic N) is 3. The number of hydrogen-bond acceptors (Lipinski definition) is 5. The molecule has 2 fully saturated rings. The first kappa shape index (κ1) is 17.0. The zero-order valence-electron chi connectivity index (χ0n) is 14.5. The summed E-state index contributed by atoms with van der Waals surface area (Å²) in [5.41, 5.74) is -0.101. The number of aromatic nitrogens is 3. The zero-order chi connectivity index (χ0) is 18.0. The highest BCUT2D eigenvalue weighted by Gasteiger charge is 2.44. The van der Waals surface area contributed by atoms with Crippen molar-refractivity contribution in [2.45, 2.75) is 31.1 Å². The van der Waals surface area contributed by atoms with Crippen molar-refractivity contribution in [1.29, 1.82) is 0 Å². The molecular weight excluding hydrogens is 336 g/mol. The van der Waals surface area contributed by atoms with Gasteiger partial charge in [0.25, 0.3) is 11.5 Å². The standard InChI is InChI=1S/C18H22N4O4/c23-16-4-2-8-20-22(16)11-14-5-6-18(26-14)12-21(9-10-25-13-18)17(24)15-3-1-7-19-15/h1-4,7-8,14,19H,5-6,9-13H2/t14-,18+/m1/s1. The van der Waals surface area contributed by atoms with E-state index in [1.165, 1.54) is 10.7 Å². The van der Waals surface area contributed by atoms with Gasteiger partial charge in [0.2, 0.25) is 0 Å². The van der Waals surface area contributed by atoms with Crippen LogP contribution in [0, 0.1) is 0 Å². The van der Waals surface area contributed by atoms with E-state index in [9.17, 15) is 9.59 Å². The Kier molecular flexibility index (Phi) is 4.60. The van der Waals surface area contributed by atoms with Gasteiger partial charge in [-0.25, -0.2) is 4.68 Å². The number of carbonyl (C=O) groups is 1. The molecule has 2 atom stereocenters. The van der Waals surface area contributed by atoms with E-state index in [1.54, 1.807) is 29.4 Å². The number of aromatic amines is 1. The highest BCUT2D eigenvalue weighted by atomic mass is 16.6. The number of hydrogen-bond donors (Lipinski definition) is 1. The summed E-state index contributed by atoms with van der Waals surface area (Å²) in [5, 5.41) is 4.10. The van der Waals surface area contributed by atoms with Gasteiger partial charge in [0.1, 0.15) is 11.3 Å². The Bertz CT molecular complexity index is 819. The fourth-order valence-corrected chi connectivity index (χ4v) is 3.68. The molecule has 1 N–H and O–H groups in total. The molecule has 26 heavy (non-hydrogen) atoms. The number of amides is 1. The van der Waals surface area contributed by atoms with Gasteiger partial charge < -0.3 is 19.4 Å². The molecule has 1 amide bonds. The van der Waals surface area contributed by atoms with Crippen LogP contribution in [0.2, 0.25) is 0 Å². The number of H-pyrrole nitrogens is 1. The van der Waals surface area contributed by atoms with Gasteiger partial charge in [-0.3, -0.25) is 9.59 Å². The summed E-state index contributed by atoms with van der Waals surface area (Å²) in [6.07, 6.45) is 4.80. The van der Waals surface area contributed by atoms with E-state index in [0.29, 0.717) is 38.5 Å². The fraction of sp³-hybridized carbons (Fsp3) is 0.500. The molecule has 0 aliphatic carbocycles. The minimum Gasteiger partial charge on any atom is -0.377 e. The van der Waals surface area contributed by atoms with Gasteiger partial charge in [-0.1, -0.05) is 0 Å². The van der Waals surface area contributed by atoms with Crippen LogP contribution < -0.4 is 5.56 Å². The van der Waals surface area contributed by atoms with E-state index >= 15 is 0 Å². The summed E-state index contributed by atoms with van der Waals surface area (Å²) in [6, 6.07) is 6.69. The molecular formula is C18H22N4O4. The average Bonchev–Trinajstić information content (AvgIpc) is 3.25. The van der Waals surface area contributed by atoms with E-state index in [1.807, 2.05) is 6.07 Å². The third-order valence-electron chi connectivity index (χ3n) is 4.97. The molecule has 0 aromatic carbocycles. The van der Waals surface area contributed by atoms with Crippen molar-refractivity contribution >= 4 is 5.91 Å². The van der Waals surface area contributed by atoms with Crippen LogP contribution in [-0.2, 0) is 16.0 Å². The molecule has 2 aromatic rings. The monoisotopic (exact) mass is 358 g/mol. The first-order valence-corrected chi connectivity index (χ1v) is 8.86. The lowest BCUT2D eigenvalue weighted by Crippen LogP contribution is -2.47. The molecule has 4 heterocycles. The first-order chi connectivity index (χ1) is 12.7. The van der Waals surface area contributed by atoms with Crippen LogP contribution in [0.1, 0.15) is 23.3 Å². The second-order valence-electron chi connectivity index (χ2n) is 6.87. The Labute approximate surface area is 150 Å².